The number of nitrogens with zero attached hydrogens (tertiary/aromatic N) is 4. The second kappa shape index (κ2) is 13.6. The second-order valence-corrected chi connectivity index (χ2v) is 11.5. The topological polar surface area (TPSA) is 224 Å². The molecule has 15 nitrogen and oxygen atoms in total. The number of hydrogen-bond donors (Lipinski definition) is 6. The van der Waals surface area contributed by atoms with Crippen LogP contribution in [0.15, 0.2) is 48.1 Å². The fourth-order valence-corrected chi connectivity index (χ4v) is 5.54. The highest BCUT2D eigenvalue weighted by Gasteiger charge is 2.35. The van der Waals surface area contributed by atoms with Crippen molar-refractivity contribution in [3.63, 3.8) is 0 Å². The molecule has 0 saturated heterocycles. The fraction of sp³-hybridized carbons (Fsp3) is 0.310. The van der Waals surface area contributed by atoms with Crippen molar-refractivity contribution in [1.82, 2.24) is 25.3 Å². The number of carbonyl (C=O) groups excluding carboxylic acids is 1. The highest BCUT2D eigenvalue weighted by atomic mass is 32.1. The van der Waals surface area contributed by atoms with Gasteiger partial charge in [0.25, 0.3) is 0 Å². The van der Waals surface area contributed by atoms with Crippen molar-refractivity contribution in [2.75, 3.05) is 18.5 Å². The van der Waals surface area contributed by atoms with E-state index in [1.54, 1.807) is 23.7 Å². The van der Waals surface area contributed by atoms with E-state index >= 15 is 0 Å². The number of benzene rings is 2. The number of nitrogens with one attached hydrogen (secondary N) is 2. The van der Waals surface area contributed by atoms with Crippen molar-refractivity contribution in [3.8, 4) is 17.2 Å². The molecule has 0 fully saturated rings. The van der Waals surface area contributed by atoms with Crippen LogP contribution in [0.4, 0.5) is 9.52 Å². The summed E-state index contributed by atoms with van der Waals surface area (Å²) in [4.78, 5) is 39.4. The number of carboxylic acids is 2. The third-order valence-corrected chi connectivity index (χ3v) is 8.02. The molecule has 3 atom stereocenters. The van der Waals surface area contributed by atoms with Gasteiger partial charge in [-0.2, -0.15) is 0 Å². The zero-order chi connectivity index (χ0) is 33.0. The normalized spacial score (nSPS) is 17.0. The molecule has 2 unspecified atom stereocenters. The predicted molar refractivity (Wildman–Crippen MR) is 160 cm³/mol. The highest BCUT2D eigenvalue weighted by Crippen LogP contribution is 2.41. The van der Waals surface area contributed by atoms with Crippen LogP contribution >= 0.6 is 11.3 Å². The Morgan fingerprint density at radius 2 is 2.04 bits per heavy atom. The number of aromatic nitrogens is 4. The zero-order valence-corrected chi connectivity index (χ0v) is 25.2. The van der Waals surface area contributed by atoms with Gasteiger partial charge in [0.15, 0.2) is 16.6 Å². The van der Waals surface area contributed by atoms with Crippen LogP contribution in [0.3, 0.4) is 0 Å². The minimum absolute atomic E-state index is 0.0176. The average molecular weight is 656 g/mol. The van der Waals surface area contributed by atoms with Gasteiger partial charge in [0.2, 0.25) is 5.91 Å². The Balaban J connectivity index is 1.40. The molecular weight excluding hydrogens is 625 g/mol. The average Bonchev–Trinajstić information content (AvgIpc) is 3.69. The number of amides is 1. The van der Waals surface area contributed by atoms with E-state index in [0.717, 1.165) is 23.3 Å². The molecule has 0 radical (unpaired) electrons. The second-order valence-electron chi connectivity index (χ2n) is 10.6. The molecule has 0 saturated carbocycles. The minimum Gasteiger partial charge on any atom is -0.488 e. The van der Waals surface area contributed by atoms with Gasteiger partial charge >= 0.3 is 11.9 Å². The van der Waals surface area contributed by atoms with Gasteiger partial charge in [-0.05, 0) is 48.7 Å². The first kappa shape index (κ1) is 32.4. The van der Waals surface area contributed by atoms with Gasteiger partial charge < -0.3 is 41.2 Å². The molecule has 0 aliphatic carbocycles. The van der Waals surface area contributed by atoms with Crippen LogP contribution in [0.5, 0.6) is 17.2 Å². The summed E-state index contributed by atoms with van der Waals surface area (Å²) in [7, 11) is 0. The number of aliphatic hydroxyl groups is 1. The van der Waals surface area contributed by atoms with Crippen LogP contribution < -0.4 is 25.8 Å². The maximum Gasteiger partial charge on any atom is 0.338 e. The number of fused-ring (bicyclic) bond motifs is 1. The lowest BCUT2D eigenvalue weighted by Crippen LogP contribution is -2.47. The smallest absolute Gasteiger partial charge is 0.338 e. The van der Waals surface area contributed by atoms with E-state index in [1.165, 1.54) is 28.3 Å². The molecule has 1 aliphatic rings. The first-order valence-electron chi connectivity index (χ1n) is 14.0. The van der Waals surface area contributed by atoms with Crippen LogP contribution in [0, 0.1) is 5.82 Å². The number of aliphatic hydroxyl groups excluding tert-OH is 1. The molecule has 7 N–H and O–H groups in total. The Kier molecular flexibility index (Phi) is 9.57. The van der Waals surface area contributed by atoms with Crippen molar-refractivity contribution < 1.29 is 43.6 Å². The molecule has 5 rings (SSSR count). The number of thiazole rings is 1. The lowest BCUT2D eigenvalue weighted by atomic mass is 9.81. The molecule has 4 aromatic rings. The third kappa shape index (κ3) is 7.28. The Morgan fingerprint density at radius 1 is 1.24 bits per heavy atom. The molecule has 2 aromatic heterocycles. The SMILES string of the molecule is C[C@]1(CC(=O)Nc2nccs2)NCCc2cc(OCCn3cc(C(O)C(N)C(=O)O)nn3)c(Oc3ccc(C(=O)O)c(F)c3)cc21. The summed E-state index contributed by atoms with van der Waals surface area (Å²) in [6.07, 6.45) is 2.04. The van der Waals surface area contributed by atoms with Crippen molar-refractivity contribution in [2.45, 2.75) is 44.0 Å². The van der Waals surface area contributed by atoms with E-state index in [4.69, 9.17) is 20.3 Å². The standard InChI is InChI=1S/C29H30FN7O8S/c1-29(13-23(38)34-28-32-6-9-46-28)18-12-22(45-16-2-3-17(26(40)41)19(30)11-16)21(10-15(18)4-5-33-29)44-8-7-37-14-20(35-36-37)25(39)24(31)27(42)43/h2-3,6,9-12,14,24-25,33,39H,4-5,7-8,13,31H2,1H3,(H,40,41)(H,42,43)(H,32,34,38)/t24?,25?,29-/m1/s1. The van der Waals surface area contributed by atoms with E-state index in [-0.39, 0.29) is 48.4 Å². The lowest BCUT2D eigenvalue weighted by Gasteiger charge is -2.37. The molecule has 1 amide bonds. The molecule has 2 aromatic carbocycles. The Bertz CT molecular complexity index is 1750. The third-order valence-electron chi connectivity index (χ3n) is 7.33. The first-order valence-corrected chi connectivity index (χ1v) is 14.8. The lowest BCUT2D eigenvalue weighted by molar-refractivity contribution is -0.141. The van der Waals surface area contributed by atoms with Crippen LogP contribution in [-0.2, 0) is 28.1 Å². The summed E-state index contributed by atoms with van der Waals surface area (Å²) in [5.41, 5.74) is 5.75. The van der Waals surface area contributed by atoms with Gasteiger partial charge in [-0.25, -0.2) is 18.9 Å². The summed E-state index contributed by atoms with van der Waals surface area (Å²) in [6, 6.07) is 5.26. The molecular formula is C29H30FN7O8S. The molecule has 17 heteroatoms. The minimum atomic E-state index is -1.58. The van der Waals surface area contributed by atoms with Gasteiger partial charge in [0.05, 0.1) is 18.3 Å². The quantitative estimate of drug-likeness (QED) is 0.122. The van der Waals surface area contributed by atoms with Gasteiger partial charge in [0.1, 0.15) is 36.0 Å². The predicted octanol–water partition coefficient (Wildman–Crippen LogP) is 2.28. The van der Waals surface area contributed by atoms with Crippen LogP contribution in [0.2, 0.25) is 0 Å². The molecule has 0 spiro atoms. The summed E-state index contributed by atoms with van der Waals surface area (Å²) in [6.45, 7) is 2.61. The van der Waals surface area contributed by atoms with E-state index in [2.05, 4.69) is 25.9 Å². The van der Waals surface area contributed by atoms with E-state index in [0.29, 0.717) is 18.1 Å². The van der Waals surface area contributed by atoms with Crippen molar-refractivity contribution >= 4 is 34.3 Å². The zero-order valence-electron chi connectivity index (χ0n) is 24.3. The first-order chi connectivity index (χ1) is 21.9. The molecule has 1 aliphatic heterocycles. The largest absolute Gasteiger partial charge is 0.488 e. The maximum absolute atomic E-state index is 14.5. The number of aliphatic carboxylic acids is 1. The summed E-state index contributed by atoms with van der Waals surface area (Å²) < 4.78 is 27.9. The van der Waals surface area contributed by atoms with Crippen molar-refractivity contribution in [1.29, 1.82) is 0 Å². The molecule has 0 bridgehead atoms. The van der Waals surface area contributed by atoms with E-state index in [9.17, 15) is 29.0 Å². The number of carbonyl (C=O) groups is 3. The Hall–Kier alpha value is -4.97. The van der Waals surface area contributed by atoms with E-state index < -0.39 is 41.0 Å². The Labute approximate surface area is 264 Å². The summed E-state index contributed by atoms with van der Waals surface area (Å²) >= 11 is 1.30. The molecule has 46 heavy (non-hydrogen) atoms. The van der Waals surface area contributed by atoms with Gasteiger partial charge in [-0.3, -0.25) is 9.59 Å². The Morgan fingerprint density at radius 3 is 2.74 bits per heavy atom. The monoisotopic (exact) mass is 655 g/mol. The van der Waals surface area contributed by atoms with Gasteiger partial charge in [-0.1, -0.05) is 5.21 Å². The number of hydrogen-bond acceptors (Lipinski definition) is 12. The van der Waals surface area contributed by atoms with Gasteiger partial charge in [0, 0.05) is 36.1 Å². The number of aromatic carboxylic acids is 1. The van der Waals surface area contributed by atoms with Crippen LogP contribution in [0.1, 0.15) is 46.6 Å². The number of ether oxygens (including phenoxy) is 2. The van der Waals surface area contributed by atoms with Crippen LogP contribution in [0.25, 0.3) is 0 Å². The van der Waals surface area contributed by atoms with Crippen molar-refractivity contribution in [2.24, 2.45) is 5.73 Å². The number of carboxylic acid groups (broad SMARTS) is 2. The maximum atomic E-state index is 14.5. The number of anilines is 1. The summed E-state index contributed by atoms with van der Waals surface area (Å²) in [5.74, 6) is -3.58. The van der Waals surface area contributed by atoms with Crippen molar-refractivity contribution in [3.05, 3.63) is 76.3 Å². The van der Waals surface area contributed by atoms with E-state index in [1.807, 2.05) is 6.92 Å². The van der Waals surface area contributed by atoms with Gasteiger partial charge in [-0.15, -0.1) is 16.4 Å². The molecule has 242 valence electrons. The fourth-order valence-electron chi connectivity index (χ4n) is 5.00. The summed E-state index contributed by atoms with van der Waals surface area (Å²) in [5, 5.41) is 44.5. The molecule has 3 heterocycles. The van der Waals surface area contributed by atoms with Crippen LogP contribution in [-0.4, -0.2) is 72.3 Å². The number of nitrogens with two attached hydrogens (primary N) is 1. The highest BCUT2D eigenvalue weighted by molar-refractivity contribution is 7.13. The number of halogens is 1. The number of rotatable bonds is 13.